The minimum absolute atomic E-state index is 0.758. The molecular formula is C20H14N2O. The molecule has 0 aliphatic rings. The summed E-state index contributed by atoms with van der Waals surface area (Å²) in [5, 5.41) is 9.10. The SMILES string of the molecule is O=NN(c1ccc2ccccc2c1)c1ccc2ccccc2c1. The highest BCUT2D eigenvalue weighted by molar-refractivity contribution is 5.89. The summed E-state index contributed by atoms with van der Waals surface area (Å²) in [5.74, 6) is 0. The van der Waals surface area contributed by atoms with Crippen LogP contribution in [0.2, 0.25) is 0 Å². The molecule has 0 fully saturated rings. The number of hydrogen-bond donors (Lipinski definition) is 0. The van der Waals surface area contributed by atoms with Crippen LogP contribution >= 0.6 is 0 Å². The Kier molecular flexibility index (Phi) is 3.24. The van der Waals surface area contributed by atoms with Crippen LogP contribution in [0.1, 0.15) is 0 Å². The van der Waals surface area contributed by atoms with Gasteiger partial charge in [0.1, 0.15) is 0 Å². The standard InChI is InChI=1S/C20H14N2O/c23-21-22(19-11-9-15-5-1-3-7-17(15)13-19)20-12-10-16-6-2-4-8-18(16)14-20/h1-14H. The van der Waals surface area contributed by atoms with Gasteiger partial charge in [-0.05, 0) is 45.8 Å². The van der Waals surface area contributed by atoms with Crippen LogP contribution < -0.4 is 5.01 Å². The van der Waals surface area contributed by atoms with Crippen LogP contribution in [0.4, 0.5) is 11.4 Å². The van der Waals surface area contributed by atoms with Gasteiger partial charge >= 0.3 is 0 Å². The largest absolute Gasteiger partial charge is 0.197 e. The first-order valence-corrected chi connectivity index (χ1v) is 7.46. The Morgan fingerprint density at radius 1 is 0.565 bits per heavy atom. The molecular weight excluding hydrogens is 284 g/mol. The minimum atomic E-state index is 0.758. The van der Waals surface area contributed by atoms with E-state index in [1.807, 2.05) is 84.9 Å². The van der Waals surface area contributed by atoms with E-state index in [1.54, 1.807) is 0 Å². The van der Waals surface area contributed by atoms with Gasteiger partial charge in [0.2, 0.25) is 0 Å². The van der Waals surface area contributed by atoms with Crippen molar-refractivity contribution in [3.8, 4) is 0 Å². The molecule has 4 rings (SSSR count). The molecule has 0 atom stereocenters. The van der Waals surface area contributed by atoms with E-state index in [4.69, 9.17) is 0 Å². The number of rotatable bonds is 3. The molecule has 0 saturated heterocycles. The third-order valence-electron chi connectivity index (χ3n) is 4.04. The quantitative estimate of drug-likeness (QED) is 0.353. The van der Waals surface area contributed by atoms with E-state index in [-0.39, 0.29) is 0 Å². The first kappa shape index (κ1) is 13.5. The van der Waals surface area contributed by atoms with Crippen LogP contribution in [0.3, 0.4) is 0 Å². The summed E-state index contributed by atoms with van der Waals surface area (Å²) >= 11 is 0. The van der Waals surface area contributed by atoms with Gasteiger partial charge in [-0.3, -0.25) is 0 Å². The minimum Gasteiger partial charge on any atom is -0.197 e. The summed E-state index contributed by atoms with van der Waals surface area (Å²) in [6, 6.07) is 27.9. The highest BCUT2D eigenvalue weighted by Crippen LogP contribution is 2.31. The van der Waals surface area contributed by atoms with Crippen LogP contribution in [0.5, 0.6) is 0 Å². The van der Waals surface area contributed by atoms with E-state index in [1.165, 1.54) is 5.01 Å². The molecule has 0 aromatic heterocycles. The third-order valence-corrected chi connectivity index (χ3v) is 4.04. The van der Waals surface area contributed by atoms with Crippen molar-refractivity contribution in [1.29, 1.82) is 0 Å². The fraction of sp³-hybridized carbons (Fsp3) is 0. The molecule has 0 spiro atoms. The molecule has 4 aromatic rings. The molecule has 0 N–H and O–H groups in total. The van der Waals surface area contributed by atoms with Crippen LogP contribution in [0, 0.1) is 4.91 Å². The zero-order chi connectivity index (χ0) is 15.6. The maximum absolute atomic E-state index is 11.5. The van der Waals surface area contributed by atoms with Crippen LogP contribution in [-0.2, 0) is 0 Å². The Labute approximate surface area is 133 Å². The van der Waals surface area contributed by atoms with Gasteiger partial charge in [0, 0.05) is 0 Å². The lowest BCUT2D eigenvalue weighted by atomic mass is 10.1. The maximum atomic E-state index is 11.5. The maximum Gasteiger partial charge on any atom is 0.0691 e. The molecule has 3 nitrogen and oxygen atoms in total. The van der Waals surface area contributed by atoms with Gasteiger partial charge in [-0.15, -0.1) is 4.91 Å². The number of hydrogen-bond acceptors (Lipinski definition) is 2. The van der Waals surface area contributed by atoms with Gasteiger partial charge in [-0.1, -0.05) is 60.7 Å². The topological polar surface area (TPSA) is 32.7 Å². The Balaban J connectivity index is 1.83. The average molecular weight is 298 g/mol. The summed E-state index contributed by atoms with van der Waals surface area (Å²) in [6.45, 7) is 0. The Morgan fingerprint density at radius 3 is 1.43 bits per heavy atom. The summed E-state index contributed by atoms with van der Waals surface area (Å²) in [5.41, 5.74) is 1.52. The molecule has 0 aliphatic heterocycles. The second kappa shape index (κ2) is 5.54. The first-order valence-electron chi connectivity index (χ1n) is 7.46. The fourth-order valence-electron chi connectivity index (χ4n) is 2.86. The molecule has 3 heteroatoms. The van der Waals surface area contributed by atoms with Gasteiger partial charge in [-0.25, -0.2) is 0 Å². The summed E-state index contributed by atoms with van der Waals surface area (Å²) < 4.78 is 0. The number of benzene rings is 4. The predicted octanol–water partition coefficient (Wildman–Crippen LogP) is 5.81. The van der Waals surface area contributed by atoms with Crippen molar-refractivity contribution >= 4 is 32.9 Å². The summed E-state index contributed by atoms with van der Waals surface area (Å²) in [7, 11) is 0. The molecule has 110 valence electrons. The summed E-state index contributed by atoms with van der Waals surface area (Å²) in [6.07, 6.45) is 0. The van der Waals surface area contributed by atoms with Crippen molar-refractivity contribution in [1.82, 2.24) is 0 Å². The first-order chi connectivity index (χ1) is 11.3. The van der Waals surface area contributed by atoms with Gasteiger partial charge in [-0.2, -0.15) is 5.01 Å². The second-order valence-electron chi connectivity index (χ2n) is 5.46. The molecule has 0 saturated carbocycles. The molecule has 0 heterocycles. The highest BCUT2D eigenvalue weighted by atomic mass is 16.3. The smallest absolute Gasteiger partial charge is 0.0691 e. The van der Waals surface area contributed by atoms with Crippen molar-refractivity contribution in [2.45, 2.75) is 0 Å². The van der Waals surface area contributed by atoms with Crippen molar-refractivity contribution in [2.75, 3.05) is 5.01 Å². The summed E-state index contributed by atoms with van der Waals surface area (Å²) in [4.78, 5) is 11.5. The highest BCUT2D eigenvalue weighted by Gasteiger charge is 2.11. The van der Waals surface area contributed by atoms with E-state index in [9.17, 15) is 4.91 Å². The molecule has 23 heavy (non-hydrogen) atoms. The zero-order valence-corrected chi connectivity index (χ0v) is 12.4. The van der Waals surface area contributed by atoms with E-state index in [0.29, 0.717) is 0 Å². The predicted molar refractivity (Wildman–Crippen MR) is 95.8 cm³/mol. The molecule has 0 amide bonds. The number of nitrogens with zero attached hydrogens (tertiary/aromatic N) is 2. The molecule has 0 bridgehead atoms. The lowest BCUT2D eigenvalue weighted by Gasteiger charge is -2.16. The molecule has 0 unspecified atom stereocenters. The monoisotopic (exact) mass is 298 g/mol. The van der Waals surface area contributed by atoms with Gasteiger partial charge in [0.05, 0.1) is 16.7 Å². The normalized spacial score (nSPS) is 10.8. The van der Waals surface area contributed by atoms with Crippen molar-refractivity contribution in [2.24, 2.45) is 5.29 Å². The van der Waals surface area contributed by atoms with E-state index >= 15 is 0 Å². The zero-order valence-electron chi connectivity index (χ0n) is 12.4. The van der Waals surface area contributed by atoms with E-state index in [0.717, 1.165) is 32.9 Å². The lowest BCUT2D eigenvalue weighted by Crippen LogP contribution is -2.07. The van der Waals surface area contributed by atoms with Crippen LogP contribution in [-0.4, -0.2) is 0 Å². The Morgan fingerprint density at radius 2 is 1.00 bits per heavy atom. The molecule has 0 radical (unpaired) electrons. The Bertz CT molecular complexity index is 931. The fourth-order valence-corrected chi connectivity index (χ4v) is 2.86. The molecule has 4 aromatic carbocycles. The van der Waals surface area contributed by atoms with Gasteiger partial charge in [0.25, 0.3) is 0 Å². The third kappa shape index (κ3) is 2.42. The van der Waals surface area contributed by atoms with E-state index < -0.39 is 0 Å². The van der Waals surface area contributed by atoms with Crippen molar-refractivity contribution in [3.63, 3.8) is 0 Å². The lowest BCUT2D eigenvalue weighted by molar-refractivity contribution is 1.07. The number of nitroso groups, excluding NO2 is 1. The van der Waals surface area contributed by atoms with Gasteiger partial charge < -0.3 is 0 Å². The molecule has 0 aliphatic carbocycles. The Hall–Kier alpha value is -3.20. The average Bonchev–Trinajstić information content (AvgIpc) is 2.62. The number of fused-ring (bicyclic) bond motifs is 2. The van der Waals surface area contributed by atoms with Gasteiger partial charge in [0.15, 0.2) is 0 Å². The second-order valence-corrected chi connectivity index (χ2v) is 5.46. The van der Waals surface area contributed by atoms with Crippen molar-refractivity contribution in [3.05, 3.63) is 89.8 Å². The van der Waals surface area contributed by atoms with Crippen LogP contribution in [0.15, 0.2) is 90.2 Å². The van der Waals surface area contributed by atoms with Crippen LogP contribution in [0.25, 0.3) is 21.5 Å². The number of anilines is 2. The van der Waals surface area contributed by atoms with E-state index in [2.05, 4.69) is 5.29 Å². The van der Waals surface area contributed by atoms with Crippen molar-refractivity contribution < 1.29 is 0 Å².